The van der Waals surface area contributed by atoms with Crippen LogP contribution >= 0.6 is 11.6 Å². The highest BCUT2D eigenvalue weighted by atomic mass is 35.5. The Labute approximate surface area is 129 Å². The summed E-state index contributed by atoms with van der Waals surface area (Å²) in [4.78, 5) is 12.0. The molecule has 2 rings (SSSR count). The summed E-state index contributed by atoms with van der Waals surface area (Å²) in [6.07, 6.45) is 0.678. The highest BCUT2D eigenvalue weighted by Crippen LogP contribution is 2.25. The quantitative estimate of drug-likeness (QED) is 0.457. The topological polar surface area (TPSA) is 35.5 Å². The lowest BCUT2D eigenvalue weighted by Crippen LogP contribution is -2.14. The van der Waals surface area contributed by atoms with Gasteiger partial charge in [0.05, 0.1) is 19.6 Å². The fourth-order valence-corrected chi connectivity index (χ4v) is 2.24. The van der Waals surface area contributed by atoms with Crippen LogP contribution in [-0.2, 0) is 9.53 Å². The van der Waals surface area contributed by atoms with E-state index in [1.54, 1.807) is 7.11 Å². The molecule has 0 radical (unpaired) electrons. The van der Waals surface area contributed by atoms with Crippen LogP contribution in [0.3, 0.4) is 0 Å². The standard InChI is InChI=1S/C17H19ClO3/c1-12(17(19)21-9-3-8-18)13-4-5-15-11-16(20-2)7-6-14(15)10-13/h4-7,10-12H,3,8-9H2,1-2H3. The summed E-state index contributed by atoms with van der Waals surface area (Å²) < 4.78 is 10.4. The molecule has 4 heteroatoms. The lowest BCUT2D eigenvalue weighted by atomic mass is 9.98. The van der Waals surface area contributed by atoms with Crippen molar-refractivity contribution in [3.8, 4) is 5.75 Å². The molecule has 0 amide bonds. The summed E-state index contributed by atoms with van der Waals surface area (Å²) in [5.41, 5.74) is 0.948. The molecule has 3 nitrogen and oxygen atoms in total. The van der Waals surface area contributed by atoms with Crippen LogP contribution in [0.25, 0.3) is 10.8 Å². The van der Waals surface area contributed by atoms with Gasteiger partial charge in [0.25, 0.3) is 0 Å². The molecular formula is C17H19ClO3. The van der Waals surface area contributed by atoms with E-state index >= 15 is 0 Å². The number of ether oxygens (including phenoxy) is 2. The van der Waals surface area contributed by atoms with E-state index in [1.165, 1.54) is 0 Å². The highest BCUT2D eigenvalue weighted by molar-refractivity contribution is 6.17. The fourth-order valence-electron chi connectivity index (χ4n) is 2.13. The average molecular weight is 307 g/mol. The van der Waals surface area contributed by atoms with Gasteiger partial charge >= 0.3 is 5.97 Å². The lowest BCUT2D eigenvalue weighted by Gasteiger charge is -2.12. The molecule has 0 saturated heterocycles. The van der Waals surface area contributed by atoms with Crippen molar-refractivity contribution >= 4 is 28.3 Å². The van der Waals surface area contributed by atoms with E-state index < -0.39 is 0 Å². The Morgan fingerprint density at radius 3 is 2.62 bits per heavy atom. The predicted molar refractivity (Wildman–Crippen MR) is 85.2 cm³/mol. The molecule has 2 aromatic rings. The first kappa shape index (κ1) is 15.6. The van der Waals surface area contributed by atoms with E-state index in [2.05, 4.69) is 0 Å². The molecule has 0 heterocycles. The van der Waals surface area contributed by atoms with Gasteiger partial charge in [-0.1, -0.05) is 24.3 Å². The number of carbonyl (C=O) groups is 1. The van der Waals surface area contributed by atoms with Crippen molar-refractivity contribution in [1.29, 1.82) is 0 Å². The van der Waals surface area contributed by atoms with Crippen LogP contribution in [0.1, 0.15) is 24.8 Å². The first-order valence-corrected chi connectivity index (χ1v) is 7.49. The molecule has 0 fully saturated rings. The van der Waals surface area contributed by atoms with Gasteiger partial charge in [-0.3, -0.25) is 4.79 Å². The van der Waals surface area contributed by atoms with Crippen molar-refractivity contribution in [2.75, 3.05) is 19.6 Å². The number of halogens is 1. The van der Waals surface area contributed by atoms with Crippen molar-refractivity contribution in [3.63, 3.8) is 0 Å². The molecule has 0 bridgehead atoms. The number of carbonyl (C=O) groups excluding carboxylic acids is 1. The van der Waals surface area contributed by atoms with E-state index in [4.69, 9.17) is 21.1 Å². The van der Waals surface area contributed by atoms with Crippen molar-refractivity contribution in [3.05, 3.63) is 42.0 Å². The Balaban J connectivity index is 2.16. The van der Waals surface area contributed by atoms with Crippen LogP contribution in [0, 0.1) is 0 Å². The third-order valence-corrected chi connectivity index (χ3v) is 3.71. The molecule has 112 valence electrons. The lowest BCUT2D eigenvalue weighted by molar-refractivity contribution is -0.145. The number of methoxy groups -OCH3 is 1. The second kappa shape index (κ2) is 7.32. The SMILES string of the molecule is COc1ccc2cc(C(C)C(=O)OCCCCl)ccc2c1. The molecule has 0 aliphatic carbocycles. The summed E-state index contributed by atoms with van der Waals surface area (Å²) in [6.45, 7) is 2.23. The van der Waals surface area contributed by atoms with Crippen LogP contribution in [0.2, 0.25) is 0 Å². The number of hydrogen-bond donors (Lipinski definition) is 0. The van der Waals surface area contributed by atoms with Crippen LogP contribution in [-0.4, -0.2) is 25.6 Å². The molecule has 1 unspecified atom stereocenters. The van der Waals surface area contributed by atoms with E-state index in [9.17, 15) is 4.79 Å². The van der Waals surface area contributed by atoms with Gasteiger partial charge in [0.2, 0.25) is 0 Å². The molecule has 2 aromatic carbocycles. The molecule has 0 saturated carbocycles. The second-order valence-electron chi connectivity index (χ2n) is 4.90. The molecule has 0 N–H and O–H groups in total. The van der Waals surface area contributed by atoms with Crippen LogP contribution in [0.15, 0.2) is 36.4 Å². The van der Waals surface area contributed by atoms with Gasteiger partial charge in [0.15, 0.2) is 0 Å². The summed E-state index contributed by atoms with van der Waals surface area (Å²) >= 11 is 5.57. The molecule has 0 aromatic heterocycles. The van der Waals surface area contributed by atoms with Gasteiger partial charge in [0, 0.05) is 5.88 Å². The van der Waals surface area contributed by atoms with Crippen molar-refractivity contribution in [1.82, 2.24) is 0 Å². The van der Waals surface area contributed by atoms with E-state index in [0.29, 0.717) is 18.9 Å². The second-order valence-corrected chi connectivity index (χ2v) is 5.28. The zero-order valence-corrected chi connectivity index (χ0v) is 13.0. The smallest absolute Gasteiger partial charge is 0.313 e. The van der Waals surface area contributed by atoms with Gasteiger partial charge in [-0.25, -0.2) is 0 Å². The highest BCUT2D eigenvalue weighted by Gasteiger charge is 2.17. The summed E-state index contributed by atoms with van der Waals surface area (Å²) in [5.74, 6) is 0.822. The third-order valence-electron chi connectivity index (χ3n) is 3.45. The van der Waals surface area contributed by atoms with E-state index in [1.807, 2.05) is 43.3 Å². The maximum Gasteiger partial charge on any atom is 0.313 e. The number of esters is 1. The number of alkyl halides is 1. The average Bonchev–Trinajstić information content (AvgIpc) is 2.53. The minimum Gasteiger partial charge on any atom is -0.497 e. The van der Waals surface area contributed by atoms with Gasteiger partial charge in [-0.2, -0.15) is 0 Å². The normalized spacial score (nSPS) is 12.1. The van der Waals surface area contributed by atoms with E-state index in [-0.39, 0.29) is 11.9 Å². The van der Waals surface area contributed by atoms with Crippen LogP contribution < -0.4 is 4.74 Å². The number of fused-ring (bicyclic) bond motifs is 1. The van der Waals surface area contributed by atoms with Crippen molar-refractivity contribution < 1.29 is 14.3 Å². The number of benzene rings is 2. The summed E-state index contributed by atoms with van der Waals surface area (Å²) in [5, 5.41) is 2.16. The minimum atomic E-state index is -0.285. The van der Waals surface area contributed by atoms with Gasteiger partial charge in [-0.15, -0.1) is 11.6 Å². The van der Waals surface area contributed by atoms with Gasteiger partial charge in [-0.05, 0) is 41.8 Å². The van der Waals surface area contributed by atoms with Gasteiger partial charge in [0.1, 0.15) is 5.75 Å². The Hall–Kier alpha value is -1.74. The maximum absolute atomic E-state index is 12.0. The largest absolute Gasteiger partial charge is 0.497 e. The van der Waals surface area contributed by atoms with Crippen molar-refractivity contribution in [2.24, 2.45) is 0 Å². The third kappa shape index (κ3) is 3.88. The zero-order valence-electron chi connectivity index (χ0n) is 12.3. The number of hydrogen-bond acceptors (Lipinski definition) is 3. The molecule has 0 aliphatic heterocycles. The summed E-state index contributed by atoms with van der Waals surface area (Å²) in [6, 6.07) is 11.8. The summed E-state index contributed by atoms with van der Waals surface area (Å²) in [7, 11) is 1.65. The molecule has 0 spiro atoms. The zero-order chi connectivity index (χ0) is 15.2. The Morgan fingerprint density at radius 1 is 1.19 bits per heavy atom. The Morgan fingerprint density at radius 2 is 1.90 bits per heavy atom. The van der Waals surface area contributed by atoms with Crippen LogP contribution in [0.5, 0.6) is 5.75 Å². The Bertz CT molecular complexity index is 624. The Kier molecular flexibility index (Phi) is 5.45. The van der Waals surface area contributed by atoms with Crippen molar-refractivity contribution in [2.45, 2.75) is 19.3 Å². The molecule has 1 atom stereocenters. The minimum absolute atomic E-state index is 0.215. The fraction of sp³-hybridized carbons (Fsp3) is 0.353. The predicted octanol–water partition coefficient (Wildman–Crippen LogP) is 4.12. The number of rotatable bonds is 6. The molecular weight excluding hydrogens is 288 g/mol. The molecule has 0 aliphatic rings. The van der Waals surface area contributed by atoms with Crippen LogP contribution in [0.4, 0.5) is 0 Å². The first-order valence-electron chi connectivity index (χ1n) is 6.96. The molecule has 21 heavy (non-hydrogen) atoms. The first-order chi connectivity index (χ1) is 10.2. The maximum atomic E-state index is 12.0. The van der Waals surface area contributed by atoms with Gasteiger partial charge < -0.3 is 9.47 Å². The monoisotopic (exact) mass is 306 g/mol. The van der Waals surface area contributed by atoms with E-state index in [0.717, 1.165) is 22.1 Å².